The van der Waals surface area contributed by atoms with Gasteiger partial charge in [0.25, 0.3) is 0 Å². The number of rotatable bonds is 8. The van der Waals surface area contributed by atoms with E-state index >= 15 is 0 Å². The van der Waals surface area contributed by atoms with Gasteiger partial charge in [-0.2, -0.15) is 0 Å². The van der Waals surface area contributed by atoms with Crippen molar-refractivity contribution in [3.63, 3.8) is 0 Å². The van der Waals surface area contributed by atoms with Crippen LogP contribution in [0.2, 0.25) is 0 Å². The van der Waals surface area contributed by atoms with E-state index in [9.17, 15) is 5.11 Å². The van der Waals surface area contributed by atoms with Crippen molar-refractivity contribution in [1.82, 2.24) is 0 Å². The summed E-state index contributed by atoms with van der Waals surface area (Å²) in [5.74, 6) is 2.08. The Hall–Kier alpha value is -1.26. The molecule has 0 bridgehead atoms. The average Bonchev–Trinajstić information content (AvgIpc) is 2.88. The molecular weight excluding hydrogens is 266 g/mol. The Morgan fingerprint density at radius 3 is 2.38 bits per heavy atom. The molecule has 0 saturated heterocycles. The molecule has 2 atom stereocenters. The molecule has 21 heavy (non-hydrogen) atoms. The number of ether oxygens (including phenoxy) is 2. The van der Waals surface area contributed by atoms with Crippen molar-refractivity contribution in [3.8, 4) is 11.5 Å². The largest absolute Gasteiger partial charge is 0.494 e. The van der Waals surface area contributed by atoms with Crippen LogP contribution in [0.3, 0.4) is 0 Å². The molecule has 1 aliphatic carbocycles. The minimum Gasteiger partial charge on any atom is -0.494 e. The van der Waals surface area contributed by atoms with Crippen LogP contribution in [0.1, 0.15) is 39.0 Å². The van der Waals surface area contributed by atoms with E-state index in [1.54, 1.807) is 0 Å². The van der Waals surface area contributed by atoms with Crippen LogP contribution in [0.4, 0.5) is 0 Å². The first kappa shape index (κ1) is 16.1. The van der Waals surface area contributed by atoms with Crippen LogP contribution >= 0.6 is 0 Å². The summed E-state index contributed by atoms with van der Waals surface area (Å²) in [5, 5.41) is 9.43. The highest BCUT2D eigenvalue weighted by Crippen LogP contribution is 2.35. The SMILES string of the molecule is CCCOc1ccc(OCCC2CCCC2(N)CO)cc1. The Kier molecular flexibility index (Phi) is 5.88. The predicted molar refractivity (Wildman–Crippen MR) is 83.7 cm³/mol. The first-order valence-corrected chi connectivity index (χ1v) is 7.93. The van der Waals surface area contributed by atoms with Crippen LogP contribution in [0.15, 0.2) is 24.3 Å². The molecule has 2 rings (SSSR count). The molecule has 0 amide bonds. The third kappa shape index (κ3) is 4.35. The van der Waals surface area contributed by atoms with Crippen molar-refractivity contribution in [1.29, 1.82) is 0 Å². The van der Waals surface area contributed by atoms with E-state index in [-0.39, 0.29) is 6.61 Å². The summed E-state index contributed by atoms with van der Waals surface area (Å²) in [5.41, 5.74) is 5.82. The number of aliphatic hydroxyl groups is 1. The zero-order valence-electron chi connectivity index (χ0n) is 12.9. The molecule has 1 aromatic rings. The van der Waals surface area contributed by atoms with Crippen LogP contribution in [0, 0.1) is 5.92 Å². The summed E-state index contributed by atoms with van der Waals surface area (Å²) in [6.45, 7) is 3.53. The smallest absolute Gasteiger partial charge is 0.119 e. The highest BCUT2D eigenvalue weighted by molar-refractivity contribution is 5.31. The highest BCUT2D eigenvalue weighted by Gasteiger charge is 2.38. The van der Waals surface area contributed by atoms with Crippen molar-refractivity contribution in [3.05, 3.63) is 24.3 Å². The molecule has 118 valence electrons. The van der Waals surface area contributed by atoms with Gasteiger partial charge in [0, 0.05) is 5.54 Å². The monoisotopic (exact) mass is 293 g/mol. The molecule has 0 aromatic heterocycles. The lowest BCUT2D eigenvalue weighted by Gasteiger charge is -2.29. The Balaban J connectivity index is 1.75. The van der Waals surface area contributed by atoms with Gasteiger partial charge < -0.3 is 20.3 Å². The van der Waals surface area contributed by atoms with Gasteiger partial charge in [-0.25, -0.2) is 0 Å². The van der Waals surface area contributed by atoms with E-state index in [0.717, 1.165) is 50.2 Å². The molecule has 1 aliphatic rings. The van der Waals surface area contributed by atoms with Gasteiger partial charge in [-0.05, 0) is 55.9 Å². The Morgan fingerprint density at radius 1 is 1.19 bits per heavy atom. The standard InChI is InChI=1S/C17H27NO3/c1-2-11-20-15-5-7-16(8-6-15)21-12-9-14-4-3-10-17(14,18)13-19/h5-8,14,19H,2-4,9-13,18H2,1H3. The maximum Gasteiger partial charge on any atom is 0.119 e. The zero-order chi connectivity index (χ0) is 15.1. The second-order valence-electron chi connectivity index (χ2n) is 5.94. The Labute approximate surface area is 127 Å². The zero-order valence-corrected chi connectivity index (χ0v) is 12.9. The summed E-state index contributed by atoms with van der Waals surface area (Å²) in [6, 6.07) is 7.73. The molecular formula is C17H27NO3. The summed E-state index contributed by atoms with van der Waals surface area (Å²) in [4.78, 5) is 0. The number of benzene rings is 1. The van der Waals surface area contributed by atoms with Crippen LogP contribution < -0.4 is 15.2 Å². The predicted octanol–water partition coefficient (Wildman–Crippen LogP) is 2.73. The number of hydrogen-bond acceptors (Lipinski definition) is 4. The van der Waals surface area contributed by atoms with E-state index in [1.807, 2.05) is 24.3 Å². The van der Waals surface area contributed by atoms with Gasteiger partial charge in [-0.15, -0.1) is 0 Å². The minimum atomic E-state index is -0.402. The second-order valence-corrected chi connectivity index (χ2v) is 5.94. The van der Waals surface area contributed by atoms with Crippen LogP contribution in [-0.2, 0) is 0 Å². The third-order valence-corrected chi connectivity index (χ3v) is 4.33. The van der Waals surface area contributed by atoms with E-state index in [4.69, 9.17) is 15.2 Å². The van der Waals surface area contributed by atoms with Crippen LogP contribution in [-0.4, -0.2) is 30.5 Å². The van der Waals surface area contributed by atoms with Gasteiger partial charge in [0.1, 0.15) is 11.5 Å². The van der Waals surface area contributed by atoms with Crippen molar-refractivity contribution in [2.45, 2.75) is 44.6 Å². The van der Waals surface area contributed by atoms with Crippen LogP contribution in [0.5, 0.6) is 11.5 Å². The Morgan fingerprint density at radius 2 is 1.81 bits per heavy atom. The molecule has 3 N–H and O–H groups in total. The molecule has 0 aliphatic heterocycles. The molecule has 0 radical (unpaired) electrons. The van der Waals surface area contributed by atoms with Crippen molar-refractivity contribution < 1.29 is 14.6 Å². The summed E-state index contributed by atoms with van der Waals surface area (Å²) in [7, 11) is 0. The van der Waals surface area contributed by atoms with Gasteiger partial charge in [0.15, 0.2) is 0 Å². The quantitative estimate of drug-likeness (QED) is 0.773. The van der Waals surface area contributed by atoms with Gasteiger partial charge in [0.2, 0.25) is 0 Å². The summed E-state index contributed by atoms with van der Waals surface area (Å²) < 4.78 is 11.3. The lowest BCUT2D eigenvalue weighted by Crippen LogP contribution is -2.47. The van der Waals surface area contributed by atoms with Gasteiger partial charge in [0.05, 0.1) is 19.8 Å². The fraction of sp³-hybridized carbons (Fsp3) is 0.647. The maximum atomic E-state index is 9.43. The molecule has 1 saturated carbocycles. The maximum absolute atomic E-state index is 9.43. The van der Waals surface area contributed by atoms with Gasteiger partial charge in [-0.1, -0.05) is 13.3 Å². The van der Waals surface area contributed by atoms with E-state index in [2.05, 4.69) is 6.92 Å². The minimum absolute atomic E-state index is 0.0706. The lowest BCUT2D eigenvalue weighted by molar-refractivity contribution is 0.143. The van der Waals surface area contributed by atoms with Crippen molar-refractivity contribution >= 4 is 0 Å². The first-order valence-electron chi connectivity index (χ1n) is 7.93. The summed E-state index contributed by atoms with van der Waals surface area (Å²) in [6.07, 6.45) is 5.00. The van der Waals surface area contributed by atoms with Crippen molar-refractivity contribution in [2.75, 3.05) is 19.8 Å². The Bertz CT molecular complexity index is 421. The fourth-order valence-corrected chi connectivity index (χ4v) is 2.98. The molecule has 4 nitrogen and oxygen atoms in total. The molecule has 1 fully saturated rings. The summed E-state index contributed by atoms with van der Waals surface area (Å²) >= 11 is 0. The fourth-order valence-electron chi connectivity index (χ4n) is 2.98. The van der Waals surface area contributed by atoms with Crippen molar-refractivity contribution in [2.24, 2.45) is 11.7 Å². The molecule has 2 unspecified atom stereocenters. The second kappa shape index (κ2) is 7.66. The average molecular weight is 293 g/mol. The molecule has 4 heteroatoms. The normalized spacial score (nSPS) is 25.0. The van der Waals surface area contributed by atoms with Gasteiger partial charge in [-0.3, -0.25) is 0 Å². The lowest BCUT2D eigenvalue weighted by atomic mass is 9.87. The van der Waals surface area contributed by atoms with E-state index in [0.29, 0.717) is 12.5 Å². The van der Waals surface area contributed by atoms with Gasteiger partial charge >= 0.3 is 0 Å². The number of nitrogens with two attached hydrogens (primary N) is 1. The third-order valence-electron chi connectivity index (χ3n) is 4.33. The molecule has 0 heterocycles. The first-order chi connectivity index (χ1) is 10.2. The number of aliphatic hydroxyl groups excluding tert-OH is 1. The molecule has 0 spiro atoms. The van der Waals surface area contributed by atoms with E-state index < -0.39 is 5.54 Å². The van der Waals surface area contributed by atoms with Crippen LogP contribution in [0.25, 0.3) is 0 Å². The molecule has 1 aromatic carbocycles. The topological polar surface area (TPSA) is 64.7 Å². The number of hydrogen-bond donors (Lipinski definition) is 2. The highest BCUT2D eigenvalue weighted by atomic mass is 16.5. The van der Waals surface area contributed by atoms with E-state index in [1.165, 1.54) is 0 Å².